The Bertz CT molecular complexity index is 485. The van der Waals surface area contributed by atoms with E-state index in [9.17, 15) is 4.39 Å². The minimum absolute atomic E-state index is 0.0807. The summed E-state index contributed by atoms with van der Waals surface area (Å²) in [7, 11) is 0. The van der Waals surface area contributed by atoms with Crippen molar-refractivity contribution in [3.05, 3.63) is 29.6 Å². The summed E-state index contributed by atoms with van der Waals surface area (Å²) in [6, 6.07) is 6.37. The third kappa shape index (κ3) is 3.47. The number of thioether (sulfide) groups is 1. The Kier molecular flexibility index (Phi) is 3.95. The molecule has 20 heavy (non-hydrogen) atoms. The van der Waals surface area contributed by atoms with E-state index in [1.54, 1.807) is 6.07 Å². The van der Waals surface area contributed by atoms with Crippen LogP contribution in [-0.4, -0.2) is 29.6 Å². The molecule has 1 N–H and O–H groups in total. The molecule has 0 bridgehead atoms. The minimum Gasteiger partial charge on any atom is -0.367 e. The second-order valence-electron chi connectivity index (χ2n) is 6.47. The van der Waals surface area contributed by atoms with Crippen molar-refractivity contribution < 1.29 is 4.39 Å². The van der Waals surface area contributed by atoms with Crippen LogP contribution in [0.2, 0.25) is 0 Å². The largest absolute Gasteiger partial charge is 0.367 e. The fourth-order valence-electron chi connectivity index (χ4n) is 2.69. The molecule has 0 radical (unpaired) electrons. The summed E-state index contributed by atoms with van der Waals surface area (Å²) in [5.74, 6) is 0.986. The first kappa shape index (κ1) is 14.2. The number of halogens is 1. The van der Waals surface area contributed by atoms with Gasteiger partial charge in [-0.1, -0.05) is 6.07 Å². The highest BCUT2D eigenvalue weighted by Crippen LogP contribution is 2.33. The van der Waals surface area contributed by atoms with Crippen LogP contribution in [-0.2, 0) is 6.54 Å². The minimum atomic E-state index is -0.0807. The van der Waals surface area contributed by atoms with Crippen molar-refractivity contribution in [1.82, 2.24) is 5.32 Å². The average Bonchev–Trinajstić information content (AvgIpc) is 3.19. The molecule has 110 valence electrons. The summed E-state index contributed by atoms with van der Waals surface area (Å²) in [4.78, 5) is 2.18. The molecule has 1 aliphatic carbocycles. The molecule has 3 rings (SSSR count). The second-order valence-corrected chi connectivity index (χ2v) is 8.27. The number of rotatable bonds is 4. The smallest absolute Gasteiger partial charge is 0.146 e. The van der Waals surface area contributed by atoms with Gasteiger partial charge in [-0.05, 0) is 44.4 Å². The topological polar surface area (TPSA) is 15.3 Å². The lowest BCUT2D eigenvalue weighted by Crippen LogP contribution is -2.43. The fourth-order valence-corrected chi connectivity index (χ4v) is 3.80. The molecule has 4 heteroatoms. The fraction of sp³-hybridized carbons (Fsp3) is 0.625. The van der Waals surface area contributed by atoms with Crippen LogP contribution in [0.5, 0.6) is 0 Å². The molecular weight excluding hydrogens is 271 g/mol. The number of hydrogen-bond donors (Lipinski definition) is 1. The molecule has 2 aliphatic rings. The van der Waals surface area contributed by atoms with E-state index in [4.69, 9.17) is 0 Å². The monoisotopic (exact) mass is 294 g/mol. The molecule has 1 aromatic carbocycles. The number of nitrogens with one attached hydrogen (secondary N) is 1. The van der Waals surface area contributed by atoms with E-state index in [-0.39, 0.29) is 10.6 Å². The zero-order valence-corrected chi connectivity index (χ0v) is 13.1. The molecule has 1 saturated carbocycles. The lowest BCUT2D eigenvalue weighted by Gasteiger charge is -2.39. The number of hydrogen-bond acceptors (Lipinski definition) is 3. The highest BCUT2D eigenvalue weighted by Gasteiger charge is 2.28. The third-order valence-corrected chi connectivity index (χ3v) is 5.25. The first-order valence-electron chi connectivity index (χ1n) is 7.44. The van der Waals surface area contributed by atoms with E-state index in [0.717, 1.165) is 36.6 Å². The predicted octanol–water partition coefficient (Wildman–Crippen LogP) is 3.41. The zero-order valence-electron chi connectivity index (χ0n) is 12.3. The number of benzene rings is 1. The summed E-state index contributed by atoms with van der Waals surface area (Å²) in [5, 5.41) is 3.43. The van der Waals surface area contributed by atoms with Crippen molar-refractivity contribution in [2.45, 2.75) is 44.0 Å². The molecule has 0 spiro atoms. The Morgan fingerprint density at radius 3 is 2.85 bits per heavy atom. The quantitative estimate of drug-likeness (QED) is 0.916. The van der Waals surface area contributed by atoms with Gasteiger partial charge in [0, 0.05) is 36.2 Å². The van der Waals surface area contributed by atoms with Crippen molar-refractivity contribution in [3.63, 3.8) is 0 Å². The highest BCUT2D eigenvalue weighted by molar-refractivity contribution is 8.00. The summed E-state index contributed by atoms with van der Waals surface area (Å²) < 4.78 is 14.6. The van der Waals surface area contributed by atoms with Crippen LogP contribution in [0.4, 0.5) is 10.1 Å². The maximum Gasteiger partial charge on any atom is 0.146 e. The van der Waals surface area contributed by atoms with E-state index in [1.165, 1.54) is 12.8 Å². The van der Waals surface area contributed by atoms with Crippen molar-refractivity contribution >= 4 is 17.4 Å². The van der Waals surface area contributed by atoms with Gasteiger partial charge in [0.1, 0.15) is 5.82 Å². The molecular formula is C16H23FN2S. The van der Waals surface area contributed by atoms with E-state index >= 15 is 0 Å². The van der Waals surface area contributed by atoms with Crippen LogP contribution < -0.4 is 10.2 Å². The van der Waals surface area contributed by atoms with Crippen LogP contribution in [0, 0.1) is 5.82 Å². The Labute approximate surface area is 125 Å². The molecule has 2 fully saturated rings. The van der Waals surface area contributed by atoms with Crippen molar-refractivity contribution in [2.24, 2.45) is 0 Å². The summed E-state index contributed by atoms with van der Waals surface area (Å²) in [6.45, 7) is 7.09. The van der Waals surface area contributed by atoms with Crippen molar-refractivity contribution in [3.8, 4) is 0 Å². The van der Waals surface area contributed by atoms with Crippen molar-refractivity contribution in [2.75, 3.05) is 23.7 Å². The maximum absolute atomic E-state index is 14.4. The van der Waals surface area contributed by atoms with Gasteiger partial charge >= 0.3 is 0 Å². The molecule has 0 amide bonds. The SMILES string of the molecule is CC1(C)CN(c2ccc(CNC3CC3)cc2F)CCS1. The Hall–Kier alpha value is -0.740. The van der Waals surface area contributed by atoms with Crippen molar-refractivity contribution in [1.29, 1.82) is 0 Å². The first-order valence-corrected chi connectivity index (χ1v) is 8.43. The Morgan fingerprint density at radius 1 is 1.40 bits per heavy atom. The zero-order chi connectivity index (χ0) is 14.2. The second kappa shape index (κ2) is 5.57. The Balaban J connectivity index is 1.69. The van der Waals surface area contributed by atoms with E-state index in [1.807, 2.05) is 17.8 Å². The van der Waals surface area contributed by atoms with Crippen LogP contribution in [0.25, 0.3) is 0 Å². The molecule has 0 atom stereocenters. The lowest BCUT2D eigenvalue weighted by atomic mass is 10.1. The van der Waals surface area contributed by atoms with Gasteiger partial charge in [0.05, 0.1) is 5.69 Å². The van der Waals surface area contributed by atoms with Crippen LogP contribution in [0.3, 0.4) is 0 Å². The van der Waals surface area contributed by atoms with E-state index in [0.29, 0.717) is 6.04 Å². The summed E-state index contributed by atoms with van der Waals surface area (Å²) >= 11 is 1.97. The normalized spacial score (nSPS) is 22.1. The lowest BCUT2D eigenvalue weighted by molar-refractivity contribution is 0.593. The molecule has 0 unspecified atom stereocenters. The number of anilines is 1. The summed E-state index contributed by atoms with van der Waals surface area (Å²) in [6.07, 6.45) is 2.53. The van der Waals surface area contributed by atoms with Gasteiger partial charge in [0.25, 0.3) is 0 Å². The van der Waals surface area contributed by atoms with Crippen LogP contribution in [0.1, 0.15) is 32.3 Å². The van der Waals surface area contributed by atoms with Gasteiger partial charge in [0.2, 0.25) is 0 Å². The Morgan fingerprint density at radius 2 is 2.20 bits per heavy atom. The van der Waals surface area contributed by atoms with Gasteiger partial charge in [-0.25, -0.2) is 4.39 Å². The first-order chi connectivity index (χ1) is 9.53. The van der Waals surface area contributed by atoms with Gasteiger partial charge in [-0.2, -0.15) is 11.8 Å². The van der Waals surface area contributed by atoms with Crippen LogP contribution in [0.15, 0.2) is 18.2 Å². The van der Waals surface area contributed by atoms with Gasteiger partial charge < -0.3 is 10.2 Å². The highest BCUT2D eigenvalue weighted by atomic mass is 32.2. The van der Waals surface area contributed by atoms with E-state index < -0.39 is 0 Å². The molecule has 2 nitrogen and oxygen atoms in total. The predicted molar refractivity (Wildman–Crippen MR) is 85.0 cm³/mol. The molecule has 0 aromatic heterocycles. The van der Waals surface area contributed by atoms with Crippen LogP contribution >= 0.6 is 11.8 Å². The van der Waals surface area contributed by atoms with Gasteiger partial charge in [-0.15, -0.1) is 0 Å². The molecule has 1 aliphatic heterocycles. The van der Waals surface area contributed by atoms with E-state index in [2.05, 4.69) is 30.1 Å². The number of nitrogens with zero attached hydrogens (tertiary/aromatic N) is 1. The van der Waals surface area contributed by atoms with Gasteiger partial charge in [0.15, 0.2) is 0 Å². The molecule has 1 aromatic rings. The average molecular weight is 294 g/mol. The standard InChI is InChI=1S/C16H23FN2S/c1-16(2)11-19(7-8-20-16)15-6-3-12(9-14(15)17)10-18-13-4-5-13/h3,6,9,13,18H,4-5,7-8,10-11H2,1-2H3. The molecule has 1 saturated heterocycles. The summed E-state index contributed by atoms with van der Waals surface area (Å²) in [5.41, 5.74) is 1.80. The molecule has 1 heterocycles. The third-order valence-electron chi connectivity index (χ3n) is 3.95. The van der Waals surface area contributed by atoms with Gasteiger partial charge in [-0.3, -0.25) is 0 Å². The maximum atomic E-state index is 14.4.